The maximum Gasteiger partial charge on any atom is 0.281 e. The smallest absolute Gasteiger partial charge is 0.281 e. The zero-order valence-electron chi connectivity index (χ0n) is 19.1. The van der Waals surface area contributed by atoms with Gasteiger partial charge in [0, 0.05) is 22.6 Å². The fourth-order valence-electron chi connectivity index (χ4n) is 3.23. The zero-order valence-corrected chi connectivity index (χ0v) is 22.3. The second-order valence-corrected chi connectivity index (χ2v) is 10.6. The molecule has 1 aromatic carbocycles. The van der Waals surface area contributed by atoms with Gasteiger partial charge in [0.05, 0.1) is 38.1 Å². The van der Waals surface area contributed by atoms with Crippen LogP contribution in [0.4, 0.5) is 0 Å². The van der Waals surface area contributed by atoms with E-state index in [4.69, 9.17) is 0 Å². The predicted octanol–water partition coefficient (Wildman–Crippen LogP) is 5.07. The summed E-state index contributed by atoms with van der Waals surface area (Å²) in [6.45, 7) is 3.95. The number of hydrogen-bond acceptors (Lipinski definition) is 7. The summed E-state index contributed by atoms with van der Waals surface area (Å²) < 4.78 is 2.70. The number of halogens is 1. The van der Waals surface area contributed by atoms with Crippen LogP contribution in [0.3, 0.4) is 0 Å². The molecule has 3 N–H and O–H groups in total. The molecule has 0 spiro atoms. The Kier molecular flexibility index (Phi) is 7.48. The quantitative estimate of drug-likeness (QED) is 0.212. The number of hydrogen-bond donors (Lipinski definition) is 3. The number of nitrogens with zero attached hydrogens (tertiary/aromatic N) is 3. The molecule has 0 unspecified atom stereocenters. The first kappa shape index (κ1) is 24.8. The summed E-state index contributed by atoms with van der Waals surface area (Å²) in [5.41, 5.74) is 6.17. The topological polar surface area (TPSA) is 109 Å². The van der Waals surface area contributed by atoms with Crippen molar-refractivity contribution in [3.05, 3.63) is 79.0 Å². The first-order chi connectivity index (χ1) is 16.7. The summed E-state index contributed by atoms with van der Waals surface area (Å²) in [7, 11) is 1.84. The molecular weight excluding hydrogens is 550 g/mol. The Hall–Kier alpha value is -3.28. The van der Waals surface area contributed by atoms with Crippen molar-refractivity contribution >= 4 is 56.1 Å². The van der Waals surface area contributed by atoms with Gasteiger partial charge in [0.2, 0.25) is 0 Å². The average molecular weight is 573 g/mol. The Balaban J connectivity index is 1.38. The summed E-state index contributed by atoms with van der Waals surface area (Å²) in [5, 5.41) is 23.7. The minimum absolute atomic E-state index is 0.117. The zero-order chi connectivity index (χ0) is 25.1. The van der Waals surface area contributed by atoms with E-state index in [0.717, 1.165) is 37.6 Å². The van der Waals surface area contributed by atoms with Crippen molar-refractivity contribution in [1.82, 2.24) is 20.5 Å². The third-order valence-corrected chi connectivity index (χ3v) is 7.86. The molecule has 0 aliphatic carbocycles. The number of carbonyl (C=O) groups excluding carboxylic acids is 2. The first-order valence-electron chi connectivity index (χ1n) is 10.5. The maximum absolute atomic E-state index is 12.6. The molecule has 0 aliphatic rings. The van der Waals surface area contributed by atoms with E-state index in [0.29, 0.717) is 27.6 Å². The van der Waals surface area contributed by atoms with Crippen LogP contribution in [0.5, 0.6) is 5.75 Å². The number of hydrazone groups is 1. The molecule has 0 bridgehead atoms. The molecular formula is C24H22BrN5O3S2. The standard InChI is InChI=1S/C24H22BrN5O3S2/c1-13-10-17(29-30(13)3)11-26-23(32)19-8-9-20(35-19)24(33)28-27-14(2)18-12-34-22(21(18)31)15-4-6-16(25)7-5-15/h4-10,12,31H,11H2,1-3H3,(H,26,32)(H,28,33). The largest absolute Gasteiger partial charge is 0.506 e. The van der Waals surface area contributed by atoms with Crippen molar-refractivity contribution in [2.24, 2.45) is 12.1 Å². The van der Waals surface area contributed by atoms with Gasteiger partial charge in [-0.1, -0.05) is 28.1 Å². The van der Waals surface area contributed by atoms with Crippen LogP contribution in [0.1, 0.15) is 43.2 Å². The van der Waals surface area contributed by atoms with E-state index in [1.54, 1.807) is 29.1 Å². The first-order valence-corrected chi connectivity index (χ1v) is 13.0. The van der Waals surface area contributed by atoms with Gasteiger partial charge < -0.3 is 10.4 Å². The van der Waals surface area contributed by atoms with Gasteiger partial charge in [-0.3, -0.25) is 14.3 Å². The van der Waals surface area contributed by atoms with Gasteiger partial charge in [-0.25, -0.2) is 5.43 Å². The van der Waals surface area contributed by atoms with Crippen LogP contribution in [0.25, 0.3) is 10.4 Å². The fraction of sp³-hybridized carbons (Fsp3) is 0.167. The average Bonchev–Trinajstić information content (AvgIpc) is 3.56. The predicted molar refractivity (Wildman–Crippen MR) is 142 cm³/mol. The van der Waals surface area contributed by atoms with E-state index < -0.39 is 5.91 Å². The summed E-state index contributed by atoms with van der Waals surface area (Å²) in [6.07, 6.45) is 0. The Morgan fingerprint density at radius 2 is 1.83 bits per heavy atom. The Morgan fingerprint density at radius 1 is 1.14 bits per heavy atom. The summed E-state index contributed by atoms with van der Waals surface area (Å²) in [4.78, 5) is 26.5. The highest BCUT2D eigenvalue weighted by Crippen LogP contribution is 2.39. The van der Waals surface area contributed by atoms with Crippen molar-refractivity contribution < 1.29 is 14.7 Å². The lowest BCUT2D eigenvalue weighted by molar-refractivity contribution is 0.0949. The molecule has 3 heterocycles. The lowest BCUT2D eigenvalue weighted by Gasteiger charge is -2.03. The van der Waals surface area contributed by atoms with E-state index in [1.807, 2.05) is 44.3 Å². The Morgan fingerprint density at radius 3 is 2.49 bits per heavy atom. The molecule has 4 aromatic rings. The SMILES string of the molecule is CC(=NNC(=O)c1ccc(C(=O)NCc2cc(C)n(C)n2)s1)c1csc(-c2ccc(Br)cc2)c1O. The summed E-state index contributed by atoms with van der Waals surface area (Å²) >= 11 is 5.88. The molecule has 0 saturated carbocycles. The second kappa shape index (κ2) is 10.5. The van der Waals surface area contributed by atoms with Crippen molar-refractivity contribution in [1.29, 1.82) is 0 Å². The second-order valence-electron chi connectivity index (χ2n) is 7.72. The minimum Gasteiger partial charge on any atom is -0.506 e. The summed E-state index contributed by atoms with van der Waals surface area (Å²) in [6, 6.07) is 12.7. The molecule has 3 aromatic heterocycles. The summed E-state index contributed by atoms with van der Waals surface area (Å²) in [5.74, 6) is -0.594. The molecule has 0 radical (unpaired) electrons. The monoisotopic (exact) mass is 571 g/mol. The van der Waals surface area contributed by atoms with Gasteiger partial charge >= 0.3 is 0 Å². The Labute approximate surface area is 218 Å². The number of amides is 2. The molecule has 8 nitrogen and oxygen atoms in total. The highest BCUT2D eigenvalue weighted by Gasteiger charge is 2.17. The van der Waals surface area contributed by atoms with Crippen LogP contribution in [-0.4, -0.2) is 32.4 Å². The lowest BCUT2D eigenvalue weighted by Crippen LogP contribution is -2.22. The Bertz CT molecular complexity index is 1400. The highest BCUT2D eigenvalue weighted by molar-refractivity contribution is 9.10. The number of rotatable bonds is 7. The third-order valence-electron chi connectivity index (χ3n) is 5.23. The fourth-order valence-corrected chi connectivity index (χ4v) is 5.31. The molecule has 35 heavy (non-hydrogen) atoms. The minimum atomic E-state index is -0.434. The molecule has 11 heteroatoms. The van der Waals surface area contributed by atoms with Gasteiger partial charge in [-0.15, -0.1) is 22.7 Å². The molecule has 0 saturated heterocycles. The van der Waals surface area contributed by atoms with Crippen LogP contribution in [0, 0.1) is 6.92 Å². The maximum atomic E-state index is 12.6. The number of aromatic nitrogens is 2. The van der Waals surface area contributed by atoms with Crippen LogP contribution in [0.2, 0.25) is 0 Å². The van der Waals surface area contributed by atoms with Gasteiger partial charge in [-0.2, -0.15) is 10.2 Å². The number of aromatic hydroxyl groups is 1. The van der Waals surface area contributed by atoms with E-state index >= 15 is 0 Å². The number of carbonyl (C=O) groups is 2. The van der Waals surface area contributed by atoms with Crippen LogP contribution in [-0.2, 0) is 13.6 Å². The molecule has 4 rings (SSSR count). The van der Waals surface area contributed by atoms with Crippen LogP contribution >= 0.6 is 38.6 Å². The number of benzene rings is 1. The lowest BCUT2D eigenvalue weighted by atomic mass is 10.1. The van der Waals surface area contributed by atoms with E-state index in [2.05, 4.69) is 36.9 Å². The number of aryl methyl sites for hydroxylation is 2. The van der Waals surface area contributed by atoms with Gasteiger partial charge in [-0.05, 0) is 49.7 Å². The molecule has 2 amide bonds. The normalized spacial score (nSPS) is 11.5. The van der Waals surface area contributed by atoms with Crippen molar-refractivity contribution in [3.63, 3.8) is 0 Å². The van der Waals surface area contributed by atoms with Gasteiger partial charge in [0.25, 0.3) is 11.8 Å². The van der Waals surface area contributed by atoms with E-state index in [9.17, 15) is 14.7 Å². The van der Waals surface area contributed by atoms with E-state index in [-0.39, 0.29) is 11.7 Å². The number of thiophene rings is 2. The van der Waals surface area contributed by atoms with Crippen molar-refractivity contribution in [2.45, 2.75) is 20.4 Å². The molecule has 0 atom stereocenters. The molecule has 0 fully saturated rings. The highest BCUT2D eigenvalue weighted by atomic mass is 79.9. The molecule has 0 aliphatic heterocycles. The van der Waals surface area contributed by atoms with E-state index in [1.165, 1.54) is 11.3 Å². The van der Waals surface area contributed by atoms with Gasteiger partial charge in [0.1, 0.15) is 5.75 Å². The van der Waals surface area contributed by atoms with Crippen LogP contribution in [0.15, 0.2) is 57.4 Å². The van der Waals surface area contributed by atoms with Crippen LogP contribution < -0.4 is 10.7 Å². The number of nitrogens with one attached hydrogen (secondary N) is 2. The third kappa shape index (κ3) is 5.69. The molecule has 180 valence electrons. The van der Waals surface area contributed by atoms with Crippen molar-refractivity contribution in [3.8, 4) is 16.2 Å². The van der Waals surface area contributed by atoms with Gasteiger partial charge in [0.15, 0.2) is 0 Å². The van der Waals surface area contributed by atoms with Crippen molar-refractivity contribution in [2.75, 3.05) is 0 Å².